The van der Waals surface area contributed by atoms with Gasteiger partial charge in [0.2, 0.25) is 0 Å². The average molecular weight is 392 g/mol. The number of carbonyl (C=O) groups is 1. The first-order valence-corrected chi connectivity index (χ1v) is 10.5. The van der Waals surface area contributed by atoms with E-state index in [1.807, 2.05) is 30.3 Å². The maximum Gasteiger partial charge on any atom is 0.305 e. The van der Waals surface area contributed by atoms with Gasteiger partial charge in [0.05, 0.1) is 0 Å². The lowest BCUT2D eigenvalue weighted by Gasteiger charge is -2.52. The molecule has 1 atom stereocenters. The smallest absolute Gasteiger partial charge is 0.305 e. The number of nitrogens with zero attached hydrogens (tertiary/aromatic N) is 1. The van der Waals surface area contributed by atoms with Crippen LogP contribution in [0.15, 0.2) is 30.3 Å². The Morgan fingerprint density at radius 1 is 1.07 bits per heavy atom. The molecule has 1 fully saturated rings. The number of hydrogen-bond acceptors (Lipinski definition) is 5. The summed E-state index contributed by atoms with van der Waals surface area (Å²) in [7, 11) is 0. The van der Waals surface area contributed by atoms with Crippen molar-refractivity contribution >= 4 is 5.97 Å². The van der Waals surface area contributed by atoms with Crippen LogP contribution < -0.4 is 0 Å². The van der Waals surface area contributed by atoms with Crippen molar-refractivity contribution in [3.05, 3.63) is 35.9 Å². The molecule has 1 heterocycles. The lowest BCUT2D eigenvalue weighted by Crippen LogP contribution is -2.58. The average Bonchev–Trinajstić information content (AvgIpc) is 2.64. The van der Waals surface area contributed by atoms with E-state index in [0.717, 1.165) is 37.7 Å². The standard InChI is InChI=1S/C23H37NO4/c1-22(2)15-11-16-23(3,4)24(22)28-20(19-12-7-5-8-13-19)18-27-21(26)14-9-6-10-17-25/h5,7-8,12-13,20,25H,6,9-11,14-18H2,1-4H3. The number of rotatable bonds is 10. The first kappa shape index (κ1) is 22.9. The Labute approximate surface area is 170 Å². The topological polar surface area (TPSA) is 59.0 Å². The summed E-state index contributed by atoms with van der Waals surface area (Å²) < 4.78 is 5.56. The molecule has 1 aliphatic rings. The van der Waals surface area contributed by atoms with E-state index in [2.05, 4.69) is 32.8 Å². The van der Waals surface area contributed by atoms with Crippen molar-refractivity contribution < 1.29 is 19.5 Å². The van der Waals surface area contributed by atoms with E-state index in [0.29, 0.717) is 6.42 Å². The van der Waals surface area contributed by atoms with Crippen molar-refractivity contribution in [2.75, 3.05) is 13.2 Å². The molecular weight excluding hydrogens is 354 g/mol. The Balaban J connectivity index is 2.05. The summed E-state index contributed by atoms with van der Waals surface area (Å²) in [5.41, 5.74) is 0.847. The minimum Gasteiger partial charge on any atom is -0.462 e. The zero-order chi connectivity index (χ0) is 20.6. The number of unbranched alkanes of at least 4 members (excludes halogenated alkanes) is 2. The molecular formula is C23H37NO4. The number of hydrogen-bond donors (Lipinski definition) is 1. The molecule has 0 amide bonds. The van der Waals surface area contributed by atoms with E-state index in [1.165, 1.54) is 6.42 Å². The van der Waals surface area contributed by atoms with Gasteiger partial charge in [-0.1, -0.05) is 36.8 Å². The third-order valence-corrected chi connectivity index (χ3v) is 5.52. The molecule has 28 heavy (non-hydrogen) atoms. The summed E-state index contributed by atoms with van der Waals surface area (Å²) in [6, 6.07) is 9.97. The third-order valence-electron chi connectivity index (χ3n) is 5.52. The van der Waals surface area contributed by atoms with E-state index in [-0.39, 0.29) is 36.4 Å². The number of carbonyl (C=O) groups excluding carboxylic acids is 1. The SMILES string of the molecule is CC1(C)CCCC(C)(C)N1OC(COC(=O)CCCCCO)c1ccccc1. The highest BCUT2D eigenvalue weighted by molar-refractivity contribution is 5.69. The third kappa shape index (κ3) is 6.57. The second-order valence-corrected chi connectivity index (χ2v) is 8.99. The largest absolute Gasteiger partial charge is 0.462 e. The maximum atomic E-state index is 12.1. The van der Waals surface area contributed by atoms with Crippen molar-refractivity contribution in [2.24, 2.45) is 0 Å². The van der Waals surface area contributed by atoms with Gasteiger partial charge in [-0.2, -0.15) is 5.06 Å². The van der Waals surface area contributed by atoms with Crippen LogP contribution in [0.4, 0.5) is 0 Å². The minimum atomic E-state index is -0.334. The van der Waals surface area contributed by atoms with Gasteiger partial charge in [-0.3, -0.25) is 9.63 Å². The van der Waals surface area contributed by atoms with E-state index in [1.54, 1.807) is 0 Å². The molecule has 5 nitrogen and oxygen atoms in total. The molecule has 1 aliphatic heterocycles. The van der Waals surface area contributed by atoms with E-state index < -0.39 is 0 Å². The Bertz CT molecular complexity index is 584. The molecule has 158 valence electrons. The predicted molar refractivity (Wildman–Crippen MR) is 111 cm³/mol. The molecule has 1 unspecified atom stereocenters. The van der Waals surface area contributed by atoms with Crippen LogP contribution in [0.2, 0.25) is 0 Å². The van der Waals surface area contributed by atoms with Gasteiger partial charge in [0.1, 0.15) is 12.7 Å². The minimum absolute atomic E-state index is 0.0803. The Hall–Kier alpha value is -1.43. The van der Waals surface area contributed by atoms with Crippen molar-refractivity contribution in [1.29, 1.82) is 0 Å². The van der Waals surface area contributed by atoms with E-state index in [4.69, 9.17) is 14.7 Å². The summed E-state index contributed by atoms with van der Waals surface area (Å²) in [5, 5.41) is 11.0. The number of aliphatic hydroxyl groups excluding tert-OH is 1. The van der Waals surface area contributed by atoms with Crippen LogP contribution in [0.25, 0.3) is 0 Å². The van der Waals surface area contributed by atoms with Crippen LogP contribution in [0.1, 0.15) is 84.3 Å². The van der Waals surface area contributed by atoms with Crippen LogP contribution in [-0.4, -0.2) is 40.4 Å². The van der Waals surface area contributed by atoms with Gasteiger partial charge in [0.25, 0.3) is 0 Å². The summed E-state index contributed by atoms with van der Waals surface area (Å²) in [6.45, 7) is 9.21. The lowest BCUT2D eigenvalue weighted by atomic mass is 9.82. The molecule has 0 bridgehead atoms. The fraction of sp³-hybridized carbons (Fsp3) is 0.696. The predicted octanol–water partition coefficient (Wildman–Crippen LogP) is 4.80. The zero-order valence-electron chi connectivity index (χ0n) is 17.9. The van der Waals surface area contributed by atoms with Gasteiger partial charge in [-0.05, 0) is 65.4 Å². The summed E-state index contributed by atoms with van der Waals surface area (Å²) in [5.74, 6) is -0.209. The highest BCUT2D eigenvalue weighted by atomic mass is 16.7. The number of piperidine rings is 1. The van der Waals surface area contributed by atoms with Crippen LogP contribution in [0, 0.1) is 0 Å². The van der Waals surface area contributed by atoms with Crippen molar-refractivity contribution in [2.45, 2.75) is 89.8 Å². The number of hydroxylamine groups is 2. The van der Waals surface area contributed by atoms with Crippen molar-refractivity contribution in [1.82, 2.24) is 5.06 Å². The van der Waals surface area contributed by atoms with Crippen molar-refractivity contribution in [3.8, 4) is 0 Å². The van der Waals surface area contributed by atoms with E-state index >= 15 is 0 Å². The molecule has 0 spiro atoms. The lowest BCUT2D eigenvalue weighted by molar-refractivity contribution is -0.311. The Kier molecular flexibility index (Phi) is 8.47. The Morgan fingerprint density at radius 2 is 1.71 bits per heavy atom. The quantitative estimate of drug-likeness (QED) is 0.459. The molecule has 0 aromatic heterocycles. The molecule has 1 saturated heterocycles. The fourth-order valence-electron chi connectivity index (χ4n) is 4.04. The van der Waals surface area contributed by atoms with Crippen LogP contribution in [0.5, 0.6) is 0 Å². The van der Waals surface area contributed by atoms with Crippen LogP contribution in [0.3, 0.4) is 0 Å². The van der Waals surface area contributed by atoms with Crippen LogP contribution in [-0.2, 0) is 14.4 Å². The maximum absolute atomic E-state index is 12.1. The molecule has 1 aromatic carbocycles. The van der Waals surface area contributed by atoms with Crippen LogP contribution >= 0.6 is 0 Å². The zero-order valence-corrected chi connectivity index (χ0v) is 17.9. The summed E-state index contributed by atoms with van der Waals surface area (Å²) in [4.78, 5) is 18.7. The normalized spacial score (nSPS) is 19.9. The fourth-order valence-corrected chi connectivity index (χ4v) is 4.04. The molecule has 1 N–H and O–H groups in total. The number of benzene rings is 1. The first-order chi connectivity index (χ1) is 13.3. The molecule has 0 aliphatic carbocycles. The highest BCUT2D eigenvalue weighted by Gasteiger charge is 2.43. The molecule has 5 heteroatoms. The molecule has 1 aromatic rings. The summed E-state index contributed by atoms with van der Waals surface area (Å²) >= 11 is 0. The Morgan fingerprint density at radius 3 is 2.32 bits per heavy atom. The van der Waals surface area contributed by atoms with E-state index in [9.17, 15) is 4.79 Å². The monoisotopic (exact) mass is 391 g/mol. The molecule has 2 rings (SSSR count). The van der Waals surface area contributed by atoms with Gasteiger partial charge in [0.15, 0.2) is 0 Å². The van der Waals surface area contributed by atoms with Gasteiger partial charge < -0.3 is 9.84 Å². The number of aliphatic hydroxyl groups is 1. The van der Waals surface area contributed by atoms with Gasteiger partial charge in [-0.25, -0.2) is 0 Å². The number of ether oxygens (including phenoxy) is 1. The van der Waals surface area contributed by atoms with Gasteiger partial charge in [0, 0.05) is 24.1 Å². The molecule has 0 radical (unpaired) electrons. The first-order valence-electron chi connectivity index (χ1n) is 10.5. The van der Waals surface area contributed by atoms with Gasteiger partial charge >= 0.3 is 5.97 Å². The molecule has 0 saturated carbocycles. The van der Waals surface area contributed by atoms with Gasteiger partial charge in [-0.15, -0.1) is 0 Å². The highest BCUT2D eigenvalue weighted by Crippen LogP contribution is 2.40. The number of esters is 1. The second kappa shape index (κ2) is 10.4. The second-order valence-electron chi connectivity index (χ2n) is 8.99. The van der Waals surface area contributed by atoms with Crippen molar-refractivity contribution in [3.63, 3.8) is 0 Å². The summed E-state index contributed by atoms with van der Waals surface area (Å²) in [6.07, 6.45) is 5.66.